The molecular formula is C14H23N5. The first-order valence-electron chi connectivity index (χ1n) is 6.98. The Hall–Kier alpha value is -1.52. The van der Waals surface area contributed by atoms with E-state index in [1.165, 1.54) is 19.3 Å². The van der Waals surface area contributed by atoms with E-state index >= 15 is 0 Å². The summed E-state index contributed by atoms with van der Waals surface area (Å²) in [6.45, 7) is 7.09. The predicted octanol–water partition coefficient (Wildman–Crippen LogP) is 2.27. The largest absolute Gasteiger partial charge is 0.383 e. The van der Waals surface area contributed by atoms with Gasteiger partial charge in [-0.25, -0.2) is 0 Å². The van der Waals surface area contributed by atoms with Crippen LogP contribution in [0.3, 0.4) is 0 Å². The lowest BCUT2D eigenvalue weighted by molar-refractivity contribution is 0.155. The van der Waals surface area contributed by atoms with E-state index in [1.54, 1.807) is 6.07 Å². The van der Waals surface area contributed by atoms with Gasteiger partial charge in [-0.2, -0.15) is 9.97 Å². The topological polar surface area (TPSA) is 89.8 Å². The molecule has 0 spiro atoms. The van der Waals surface area contributed by atoms with Crippen LogP contribution in [0.15, 0.2) is 6.07 Å². The second-order valence-corrected chi connectivity index (χ2v) is 7.03. The van der Waals surface area contributed by atoms with E-state index in [2.05, 4.69) is 36.1 Å². The first kappa shape index (κ1) is 12.5. The third kappa shape index (κ3) is 1.83. The quantitative estimate of drug-likeness (QED) is 0.759. The van der Waals surface area contributed by atoms with Gasteiger partial charge in [-0.1, -0.05) is 20.8 Å². The van der Waals surface area contributed by atoms with Crippen molar-refractivity contribution in [3.63, 3.8) is 0 Å². The minimum atomic E-state index is 0.230. The molecule has 2 fully saturated rings. The molecule has 1 aromatic rings. The highest BCUT2D eigenvalue weighted by Gasteiger charge is 2.59. The maximum atomic E-state index is 5.74. The summed E-state index contributed by atoms with van der Waals surface area (Å²) in [6, 6.07) is 2.18. The summed E-state index contributed by atoms with van der Waals surface area (Å²) in [5.41, 5.74) is 12.0. The Morgan fingerprint density at radius 2 is 2.00 bits per heavy atom. The van der Waals surface area contributed by atoms with Crippen LogP contribution in [0.1, 0.15) is 40.0 Å². The van der Waals surface area contributed by atoms with Gasteiger partial charge in [0.2, 0.25) is 5.95 Å². The van der Waals surface area contributed by atoms with Gasteiger partial charge in [0.1, 0.15) is 11.6 Å². The average molecular weight is 261 g/mol. The van der Waals surface area contributed by atoms with Gasteiger partial charge in [0.15, 0.2) is 0 Å². The summed E-state index contributed by atoms with van der Waals surface area (Å²) in [5.74, 6) is 2.19. The molecule has 3 rings (SSSR count). The highest BCUT2D eigenvalue weighted by atomic mass is 15.1. The van der Waals surface area contributed by atoms with Gasteiger partial charge in [0, 0.05) is 12.1 Å². The Kier molecular flexibility index (Phi) is 2.46. The molecule has 2 saturated carbocycles. The minimum Gasteiger partial charge on any atom is -0.383 e. The normalized spacial score (nSPS) is 35.5. The van der Waals surface area contributed by atoms with Crippen molar-refractivity contribution < 1.29 is 0 Å². The number of hydrogen-bond acceptors (Lipinski definition) is 5. The molecule has 1 heterocycles. The van der Waals surface area contributed by atoms with Crippen molar-refractivity contribution in [2.45, 2.75) is 46.1 Å². The van der Waals surface area contributed by atoms with Crippen molar-refractivity contribution in [1.29, 1.82) is 0 Å². The maximum absolute atomic E-state index is 5.74. The number of nitrogens with two attached hydrogens (primary N) is 2. The van der Waals surface area contributed by atoms with Crippen molar-refractivity contribution in [1.82, 2.24) is 9.97 Å². The zero-order valence-electron chi connectivity index (χ0n) is 11.9. The van der Waals surface area contributed by atoms with Crippen LogP contribution in [0.4, 0.5) is 17.6 Å². The zero-order valence-corrected chi connectivity index (χ0v) is 11.9. The molecule has 104 valence electrons. The Balaban J connectivity index is 1.90. The number of hydrogen-bond donors (Lipinski definition) is 3. The van der Waals surface area contributed by atoms with Crippen LogP contribution >= 0.6 is 0 Å². The van der Waals surface area contributed by atoms with E-state index in [-0.39, 0.29) is 11.4 Å². The smallest absolute Gasteiger partial charge is 0.223 e. The number of nitrogens with one attached hydrogen (secondary N) is 1. The molecule has 0 saturated heterocycles. The molecule has 1 aromatic heterocycles. The van der Waals surface area contributed by atoms with E-state index < -0.39 is 0 Å². The van der Waals surface area contributed by atoms with Gasteiger partial charge >= 0.3 is 0 Å². The van der Waals surface area contributed by atoms with Gasteiger partial charge in [-0.3, -0.25) is 0 Å². The van der Waals surface area contributed by atoms with Crippen LogP contribution in [0.25, 0.3) is 0 Å². The number of anilines is 3. The lowest BCUT2D eigenvalue weighted by atomic mass is 9.68. The van der Waals surface area contributed by atoms with Crippen molar-refractivity contribution in [2.75, 3.05) is 16.8 Å². The minimum absolute atomic E-state index is 0.230. The summed E-state index contributed by atoms with van der Waals surface area (Å²) in [4.78, 5) is 8.17. The van der Waals surface area contributed by atoms with Crippen LogP contribution < -0.4 is 16.8 Å². The van der Waals surface area contributed by atoms with Crippen molar-refractivity contribution >= 4 is 17.6 Å². The predicted molar refractivity (Wildman–Crippen MR) is 77.5 cm³/mol. The summed E-state index contributed by atoms with van der Waals surface area (Å²) in [7, 11) is 0. The van der Waals surface area contributed by atoms with E-state index in [1.807, 2.05) is 0 Å². The van der Waals surface area contributed by atoms with Crippen LogP contribution in [0, 0.1) is 16.7 Å². The van der Waals surface area contributed by atoms with Gasteiger partial charge in [0.05, 0.1) is 0 Å². The van der Waals surface area contributed by atoms with E-state index in [4.69, 9.17) is 11.5 Å². The molecule has 2 aliphatic carbocycles. The summed E-state index contributed by atoms with van der Waals surface area (Å²) < 4.78 is 0. The Morgan fingerprint density at radius 1 is 1.26 bits per heavy atom. The van der Waals surface area contributed by atoms with Crippen LogP contribution in [0.2, 0.25) is 0 Å². The molecule has 2 bridgehead atoms. The van der Waals surface area contributed by atoms with E-state index in [9.17, 15) is 0 Å². The number of rotatable bonds is 2. The van der Waals surface area contributed by atoms with Gasteiger partial charge < -0.3 is 16.8 Å². The molecular weight excluding hydrogens is 238 g/mol. The van der Waals surface area contributed by atoms with Crippen molar-refractivity contribution in [3.8, 4) is 0 Å². The third-order valence-electron chi connectivity index (χ3n) is 5.33. The molecule has 19 heavy (non-hydrogen) atoms. The second-order valence-electron chi connectivity index (χ2n) is 7.03. The van der Waals surface area contributed by atoms with Crippen LogP contribution in [0.5, 0.6) is 0 Å². The maximum Gasteiger partial charge on any atom is 0.223 e. The summed E-state index contributed by atoms with van der Waals surface area (Å²) >= 11 is 0. The molecule has 0 amide bonds. The second kappa shape index (κ2) is 3.74. The van der Waals surface area contributed by atoms with Gasteiger partial charge in [0.25, 0.3) is 0 Å². The highest BCUT2D eigenvalue weighted by Crippen LogP contribution is 2.63. The van der Waals surface area contributed by atoms with Crippen LogP contribution in [-0.4, -0.2) is 16.0 Å². The SMILES string of the molecule is CC12CCC(C1)C(C)(C)C2Nc1cc(N)nc(N)n1. The molecule has 5 heteroatoms. The average Bonchev–Trinajstić information content (AvgIpc) is 2.74. The molecule has 3 unspecified atom stereocenters. The molecule has 0 aromatic carbocycles. The zero-order chi connectivity index (χ0) is 13.8. The molecule has 5 nitrogen and oxygen atoms in total. The van der Waals surface area contributed by atoms with Gasteiger partial charge in [-0.05, 0) is 36.0 Å². The fourth-order valence-corrected chi connectivity index (χ4v) is 4.37. The lowest BCUT2D eigenvalue weighted by Gasteiger charge is -2.43. The molecule has 5 N–H and O–H groups in total. The van der Waals surface area contributed by atoms with Crippen molar-refractivity contribution in [3.05, 3.63) is 6.07 Å². The molecule has 0 radical (unpaired) electrons. The number of nitrogens with zero attached hydrogens (tertiary/aromatic N) is 2. The lowest BCUT2D eigenvalue weighted by Crippen LogP contribution is -2.46. The molecule has 2 aliphatic rings. The number of fused-ring (bicyclic) bond motifs is 2. The standard InChI is InChI=1S/C14H23N5/c1-13(2)8-4-5-14(3,7-8)11(13)18-10-6-9(15)17-12(16)19-10/h6,8,11H,4-5,7H2,1-3H3,(H5,15,16,17,18,19). The number of aromatic nitrogens is 2. The fourth-order valence-electron chi connectivity index (χ4n) is 4.37. The summed E-state index contributed by atoms with van der Waals surface area (Å²) in [6.07, 6.45) is 3.93. The summed E-state index contributed by atoms with van der Waals surface area (Å²) in [5, 5.41) is 3.57. The fraction of sp³-hybridized carbons (Fsp3) is 0.714. The van der Waals surface area contributed by atoms with Gasteiger partial charge in [-0.15, -0.1) is 0 Å². The Labute approximate surface area is 114 Å². The highest BCUT2D eigenvalue weighted by molar-refractivity contribution is 5.50. The molecule has 0 aliphatic heterocycles. The monoisotopic (exact) mass is 261 g/mol. The van der Waals surface area contributed by atoms with E-state index in [0.29, 0.717) is 17.3 Å². The molecule has 3 atom stereocenters. The first-order chi connectivity index (χ1) is 8.81. The van der Waals surface area contributed by atoms with Crippen LogP contribution in [-0.2, 0) is 0 Å². The van der Waals surface area contributed by atoms with E-state index in [0.717, 1.165) is 11.7 Å². The Morgan fingerprint density at radius 3 is 2.58 bits per heavy atom. The Bertz CT molecular complexity index is 488. The van der Waals surface area contributed by atoms with Crippen molar-refractivity contribution in [2.24, 2.45) is 16.7 Å². The number of nitrogen functional groups attached to an aromatic ring is 2. The third-order valence-corrected chi connectivity index (χ3v) is 5.33. The first-order valence-corrected chi connectivity index (χ1v) is 6.98.